The summed E-state index contributed by atoms with van der Waals surface area (Å²) in [6.07, 6.45) is 4.27. The van der Waals surface area contributed by atoms with E-state index in [1.165, 1.54) is 12.1 Å². The molecule has 2 amide bonds. The Morgan fingerprint density at radius 3 is 3.08 bits per heavy atom. The maximum atomic E-state index is 13.1. The first-order valence-electron chi connectivity index (χ1n) is 8.24. The summed E-state index contributed by atoms with van der Waals surface area (Å²) in [7, 11) is 1.92. The lowest BCUT2D eigenvalue weighted by Gasteiger charge is -2.32. The molecule has 7 heteroatoms. The third-order valence-electron chi connectivity index (χ3n) is 4.40. The molecule has 1 fully saturated rings. The maximum Gasteiger partial charge on any atom is 0.317 e. The first-order chi connectivity index (χ1) is 11.6. The maximum absolute atomic E-state index is 13.1. The second kappa shape index (κ2) is 7.42. The van der Waals surface area contributed by atoms with Crippen LogP contribution in [0.2, 0.25) is 0 Å². The molecule has 0 unspecified atom stereocenters. The van der Waals surface area contributed by atoms with Gasteiger partial charge in [-0.05, 0) is 37.0 Å². The van der Waals surface area contributed by atoms with Gasteiger partial charge in [-0.25, -0.2) is 9.18 Å². The summed E-state index contributed by atoms with van der Waals surface area (Å²) in [6.45, 7) is 1.89. The summed E-state index contributed by atoms with van der Waals surface area (Å²) in [4.78, 5) is 14.2. The lowest BCUT2D eigenvalue weighted by atomic mass is 9.97. The van der Waals surface area contributed by atoms with E-state index in [0.29, 0.717) is 19.5 Å². The zero-order valence-electron chi connectivity index (χ0n) is 13.8. The molecule has 1 aromatic heterocycles. The quantitative estimate of drug-likeness (QED) is 0.933. The van der Waals surface area contributed by atoms with E-state index in [2.05, 4.69) is 15.5 Å². The zero-order chi connectivity index (χ0) is 16.9. The summed E-state index contributed by atoms with van der Waals surface area (Å²) in [5.41, 5.74) is 0.880. The molecule has 1 N–H and O–H groups in total. The molecule has 6 nitrogen and oxygen atoms in total. The van der Waals surface area contributed by atoms with Crippen molar-refractivity contribution in [2.24, 2.45) is 7.05 Å². The number of rotatable bonds is 4. The molecule has 1 aliphatic rings. The van der Waals surface area contributed by atoms with Crippen LogP contribution >= 0.6 is 0 Å². The van der Waals surface area contributed by atoms with Crippen LogP contribution in [0, 0.1) is 5.82 Å². The van der Waals surface area contributed by atoms with E-state index in [0.717, 1.165) is 30.8 Å². The zero-order valence-corrected chi connectivity index (χ0v) is 13.8. The van der Waals surface area contributed by atoms with Gasteiger partial charge in [0.15, 0.2) is 0 Å². The van der Waals surface area contributed by atoms with E-state index in [1.54, 1.807) is 12.4 Å². The highest BCUT2D eigenvalue weighted by molar-refractivity contribution is 5.74. The largest absolute Gasteiger partial charge is 0.338 e. The Bertz CT molecular complexity index is 702. The molecule has 0 aliphatic carbocycles. The van der Waals surface area contributed by atoms with Crippen molar-refractivity contribution in [1.82, 2.24) is 25.0 Å². The fourth-order valence-corrected chi connectivity index (χ4v) is 3.15. The molecule has 1 saturated heterocycles. The number of piperidine rings is 1. The highest BCUT2D eigenvalue weighted by atomic mass is 19.1. The Labute approximate surface area is 140 Å². The topological polar surface area (TPSA) is 63.1 Å². The minimum Gasteiger partial charge on any atom is -0.338 e. The molecule has 1 aromatic carbocycles. The van der Waals surface area contributed by atoms with Crippen LogP contribution in [0.1, 0.15) is 30.1 Å². The van der Waals surface area contributed by atoms with Gasteiger partial charge in [0, 0.05) is 32.6 Å². The Kier molecular flexibility index (Phi) is 5.08. The highest BCUT2D eigenvalue weighted by Gasteiger charge is 2.27. The van der Waals surface area contributed by atoms with Crippen LogP contribution in [0.25, 0.3) is 0 Å². The van der Waals surface area contributed by atoms with Crippen molar-refractivity contribution in [1.29, 1.82) is 0 Å². The number of aryl methyl sites for hydroxylation is 1. The first kappa shape index (κ1) is 16.4. The van der Waals surface area contributed by atoms with Crippen molar-refractivity contribution in [3.05, 3.63) is 47.8 Å². The number of benzene rings is 1. The van der Waals surface area contributed by atoms with Gasteiger partial charge in [0.05, 0.1) is 0 Å². The first-order valence-corrected chi connectivity index (χ1v) is 8.24. The van der Waals surface area contributed by atoms with Gasteiger partial charge in [0.2, 0.25) is 0 Å². The van der Waals surface area contributed by atoms with Gasteiger partial charge in [0.1, 0.15) is 18.0 Å². The van der Waals surface area contributed by atoms with Crippen molar-refractivity contribution in [3.8, 4) is 0 Å². The SMILES string of the molecule is Cn1cnnc1[C@@H]1CCCN(C(=O)NCCc2cccc(F)c2)C1. The summed E-state index contributed by atoms with van der Waals surface area (Å²) >= 11 is 0. The van der Waals surface area contributed by atoms with E-state index >= 15 is 0 Å². The number of nitrogens with zero attached hydrogens (tertiary/aromatic N) is 4. The summed E-state index contributed by atoms with van der Waals surface area (Å²) in [5.74, 6) is 0.897. The van der Waals surface area contributed by atoms with Gasteiger partial charge >= 0.3 is 6.03 Å². The van der Waals surface area contributed by atoms with E-state index in [-0.39, 0.29) is 17.8 Å². The van der Waals surface area contributed by atoms with E-state index in [9.17, 15) is 9.18 Å². The number of hydrogen-bond acceptors (Lipinski definition) is 3. The predicted molar refractivity (Wildman–Crippen MR) is 88.1 cm³/mol. The second-order valence-corrected chi connectivity index (χ2v) is 6.20. The molecule has 0 bridgehead atoms. The predicted octanol–water partition coefficient (Wildman–Crippen LogP) is 2.09. The molecule has 3 rings (SSSR count). The van der Waals surface area contributed by atoms with Gasteiger partial charge < -0.3 is 14.8 Å². The molecule has 1 aliphatic heterocycles. The van der Waals surface area contributed by atoms with Crippen LogP contribution in [0.3, 0.4) is 0 Å². The summed E-state index contributed by atoms with van der Waals surface area (Å²) in [6, 6.07) is 6.39. The molecule has 128 valence electrons. The normalized spacial score (nSPS) is 17.8. The van der Waals surface area contributed by atoms with Crippen LogP contribution in [0.4, 0.5) is 9.18 Å². The lowest BCUT2D eigenvalue weighted by Crippen LogP contribution is -2.45. The summed E-state index contributed by atoms with van der Waals surface area (Å²) in [5, 5.41) is 11.0. The number of amides is 2. The minimum atomic E-state index is -0.249. The average molecular weight is 331 g/mol. The Morgan fingerprint density at radius 1 is 1.46 bits per heavy atom. The van der Waals surface area contributed by atoms with Gasteiger partial charge in [-0.2, -0.15) is 0 Å². The molecule has 0 radical (unpaired) electrons. The molecule has 0 spiro atoms. The Morgan fingerprint density at radius 2 is 2.33 bits per heavy atom. The standard InChI is InChI=1S/C17H22FN5O/c1-22-12-20-21-16(22)14-5-3-9-23(11-14)17(24)19-8-7-13-4-2-6-15(18)10-13/h2,4,6,10,12,14H,3,5,7-9,11H2,1H3,(H,19,24)/t14-/m1/s1. The molecule has 1 atom stereocenters. The minimum absolute atomic E-state index is 0.0710. The lowest BCUT2D eigenvalue weighted by molar-refractivity contribution is 0.178. The monoisotopic (exact) mass is 331 g/mol. The summed E-state index contributed by atoms with van der Waals surface area (Å²) < 4.78 is 15.1. The number of urea groups is 1. The van der Waals surface area contributed by atoms with Gasteiger partial charge in [-0.15, -0.1) is 10.2 Å². The number of aromatic nitrogens is 3. The second-order valence-electron chi connectivity index (χ2n) is 6.20. The number of halogens is 1. The van der Waals surface area contributed by atoms with Crippen LogP contribution in [0.15, 0.2) is 30.6 Å². The van der Waals surface area contributed by atoms with Crippen LogP contribution in [0.5, 0.6) is 0 Å². The van der Waals surface area contributed by atoms with Crippen molar-refractivity contribution < 1.29 is 9.18 Å². The van der Waals surface area contributed by atoms with Crippen LogP contribution in [-0.4, -0.2) is 45.3 Å². The fraction of sp³-hybridized carbons (Fsp3) is 0.471. The number of carbonyl (C=O) groups excluding carboxylic acids is 1. The number of likely N-dealkylation sites (tertiary alicyclic amines) is 1. The molecular weight excluding hydrogens is 309 g/mol. The number of carbonyl (C=O) groups is 1. The Hall–Kier alpha value is -2.44. The molecule has 2 heterocycles. The van der Waals surface area contributed by atoms with Crippen molar-refractivity contribution >= 4 is 6.03 Å². The number of nitrogens with one attached hydrogen (secondary N) is 1. The van der Waals surface area contributed by atoms with Crippen LogP contribution in [-0.2, 0) is 13.5 Å². The van der Waals surface area contributed by atoms with Gasteiger partial charge in [-0.3, -0.25) is 0 Å². The van der Waals surface area contributed by atoms with Crippen molar-refractivity contribution in [2.75, 3.05) is 19.6 Å². The van der Waals surface area contributed by atoms with E-state index in [4.69, 9.17) is 0 Å². The third-order valence-corrected chi connectivity index (χ3v) is 4.40. The highest BCUT2D eigenvalue weighted by Crippen LogP contribution is 2.24. The molecule has 24 heavy (non-hydrogen) atoms. The third kappa shape index (κ3) is 3.90. The molecule has 0 saturated carbocycles. The smallest absolute Gasteiger partial charge is 0.317 e. The van der Waals surface area contributed by atoms with Crippen molar-refractivity contribution in [2.45, 2.75) is 25.2 Å². The van der Waals surface area contributed by atoms with E-state index < -0.39 is 0 Å². The number of hydrogen-bond donors (Lipinski definition) is 1. The van der Waals surface area contributed by atoms with Crippen molar-refractivity contribution in [3.63, 3.8) is 0 Å². The van der Waals surface area contributed by atoms with Crippen LogP contribution < -0.4 is 5.32 Å². The average Bonchev–Trinajstić information content (AvgIpc) is 3.01. The fourth-order valence-electron chi connectivity index (χ4n) is 3.15. The molecular formula is C17H22FN5O. The van der Waals surface area contributed by atoms with Gasteiger partial charge in [-0.1, -0.05) is 12.1 Å². The van der Waals surface area contributed by atoms with Gasteiger partial charge in [0.25, 0.3) is 0 Å². The molecule has 2 aromatic rings. The Balaban J connectivity index is 1.50. The van der Waals surface area contributed by atoms with E-state index in [1.807, 2.05) is 22.6 Å².